The highest BCUT2D eigenvalue weighted by molar-refractivity contribution is 5.76. The maximum absolute atomic E-state index is 12.5. The first-order chi connectivity index (χ1) is 34.0. The van der Waals surface area contributed by atoms with Crippen LogP contribution >= 0.6 is 0 Å². The minimum atomic E-state index is -0.861. The first-order valence-electron chi connectivity index (χ1n) is 31.1. The molecule has 2 atom stereocenters. The van der Waals surface area contributed by atoms with Gasteiger partial charge in [0.15, 0.2) is 0 Å². The second-order valence-corrected chi connectivity index (χ2v) is 21.4. The Hall–Kier alpha value is -1.66. The number of esters is 1. The van der Waals surface area contributed by atoms with Crippen LogP contribution < -0.4 is 5.32 Å². The van der Waals surface area contributed by atoms with E-state index in [-0.39, 0.29) is 18.5 Å². The summed E-state index contributed by atoms with van der Waals surface area (Å²) in [4.78, 5) is 24.6. The normalized spacial score (nSPS) is 12.7. The largest absolute Gasteiger partial charge is 0.466 e. The molecule has 0 aliphatic heterocycles. The van der Waals surface area contributed by atoms with Gasteiger partial charge in [0.25, 0.3) is 0 Å². The predicted octanol–water partition coefficient (Wildman–Crippen LogP) is 19.4. The molecule has 1 amide bonds. The molecule has 3 N–H and O–H groups in total. The molecule has 0 bridgehead atoms. The van der Waals surface area contributed by atoms with Gasteiger partial charge in [-0.15, -0.1) is 0 Å². The van der Waals surface area contributed by atoms with Gasteiger partial charge >= 0.3 is 5.97 Å². The highest BCUT2D eigenvalue weighted by Gasteiger charge is 2.18. The molecule has 69 heavy (non-hydrogen) atoms. The smallest absolute Gasteiger partial charge is 0.305 e. The summed E-state index contributed by atoms with van der Waals surface area (Å²) in [5.41, 5.74) is 0. The van der Waals surface area contributed by atoms with Crippen LogP contribution in [0.5, 0.6) is 0 Å². The molecule has 0 radical (unpaired) electrons. The molecule has 0 fully saturated rings. The molecule has 2 unspecified atom stereocenters. The number of allylic oxidation sites excluding steroid dienone is 3. The van der Waals surface area contributed by atoms with Crippen LogP contribution in [0.2, 0.25) is 0 Å². The van der Waals surface area contributed by atoms with Crippen LogP contribution in [0.4, 0.5) is 0 Å². The topological polar surface area (TPSA) is 95.9 Å². The third kappa shape index (κ3) is 55.5. The number of aliphatic hydroxyl groups is 2. The maximum atomic E-state index is 12.5. The Labute approximate surface area is 431 Å². The van der Waals surface area contributed by atoms with Crippen LogP contribution in [-0.4, -0.2) is 47.4 Å². The lowest BCUT2D eigenvalue weighted by Crippen LogP contribution is -2.45. The van der Waals surface area contributed by atoms with Crippen LogP contribution in [-0.2, 0) is 14.3 Å². The Morgan fingerprint density at radius 3 is 1.03 bits per heavy atom. The van der Waals surface area contributed by atoms with E-state index >= 15 is 0 Å². The van der Waals surface area contributed by atoms with E-state index in [1.807, 2.05) is 6.08 Å². The van der Waals surface area contributed by atoms with Gasteiger partial charge in [-0.05, 0) is 64.2 Å². The molecule has 0 aromatic rings. The lowest BCUT2D eigenvalue weighted by molar-refractivity contribution is -0.143. The van der Waals surface area contributed by atoms with Gasteiger partial charge in [-0.3, -0.25) is 9.59 Å². The molecule has 0 rings (SSSR count). The second kappa shape index (κ2) is 58.9. The summed E-state index contributed by atoms with van der Waals surface area (Å²) in [6, 6.07) is -0.647. The Morgan fingerprint density at radius 2 is 0.681 bits per heavy atom. The predicted molar refractivity (Wildman–Crippen MR) is 301 cm³/mol. The van der Waals surface area contributed by atoms with Gasteiger partial charge in [-0.2, -0.15) is 0 Å². The number of unbranched alkanes of at least 4 members (excludes halogenated alkanes) is 45. The average molecular weight is 973 g/mol. The zero-order chi connectivity index (χ0) is 50.0. The van der Waals surface area contributed by atoms with Gasteiger partial charge in [0.2, 0.25) is 5.91 Å². The lowest BCUT2D eigenvalue weighted by Gasteiger charge is -2.20. The van der Waals surface area contributed by atoms with Crippen LogP contribution in [0.3, 0.4) is 0 Å². The third-order valence-corrected chi connectivity index (χ3v) is 14.5. The fourth-order valence-electron chi connectivity index (χ4n) is 9.69. The molecule has 6 heteroatoms. The van der Waals surface area contributed by atoms with Gasteiger partial charge in [-0.1, -0.05) is 289 Å². The molecule has 0 spiro atoms. The zero-order valence-corrected chi connectivity index (χ0v) is 46.6. The van der Waals surface area contributed by atoms with Crippen molar-refractivity contribution in [1.82, 2.24) is 5.32 Å². The fourth-order valence-corrected chi connectivity index (χ4v) is 9.69. The SMILES string of the molecule is CCCCCCCCCCCCCCCCCCCCCC/C=C/C(O)C(CO)NC(=O)CCCCCCC/C=C\CCCCCOC(=O)CCCCCCCCCCCCCCCCCCCC. The highest BCUT2D eigenvalue weighted by Crippen LogP contribution is 2.18. The number of carbonyl (C=O) groups is 2. The van der Waals surface area contributed by atoms with Crippen LogP contribution in [0.15, 0.2) is 24.3 Å². The van der Waals surface area contributed by atoms with Gasteiger partial charge in [-0.25, -0.2) is 0 Å². The summed E-state index contributed by atoms with van der Waals surface area (Å²) in [5, 5.41) is 23.2. The van der Waals surface area contributed by atoms with Gasteiger partial charge in [0.1, 0.15) is 0 Å². The fraction of sp³-hybridized carbons (Fsp3) is 0.905. The Morgan fingerprint density at radius 1 is 0.391 bits per heavy atom. The number of aliphatic hydroxyl groups excluding tert-OH is 2. The summed E-state index contributed by atoms with van der Waals surface area (Å²) < 4.78 is 5.47. The zero-order valence-electron chi connectivity index (χ0n) is 46.6. The summed E-state index contributed by atoms with van der Waals surface area (Å²) in [7, 11) is 0. The van der Waals surface area contributed by atoms with E-state index in [0.29, 0.717) is 19.4 Å². The monoisotopic (exact) mass is 972 g/mol. The van der Waals surface area contributed by atoms with Crippen molar-refractivity contribution < 1.29 is 24.5 Å². The standard InChI is InChI=1S/C63H121NO5/c1-3-5-7-9-11-13-15-17-19-21-23-24-25-26-27-29-31-35-39-43-47-51-55-61(66)60(59-65)64-62(67)56-52-48-44-40-36-33-34-38-42-46-50-54-58-69-63(68)57-53-49-45-41-37-32-30-28-22-20-18-16-14-12-10-8-6-4-2/h34,38,51,55,60-61,65-66H,3-33,35-37,39-50,52-54,56-59H2,1-2H3,(H,64,67)/b38-34-,55-51+. The van der Waals surface area contributed by atoms with Crippen molar-refractivity contribution in [2.24, 2.45) is 0 Å². The van der Waals surface area contributed by atoms with Gasteiger partial charge in [0.05, 0.1) is 25.4 Å². The van der Waals surface area contributed by atoms with Crippen molar-refractivity contribution in [3.8, 4) is 0 Å². The van der Waals surface area contributed by atoms with E-state index in [0.717, 1.165) is 77.0 Å². The minimum Gasteiger partial charge on any atom is -0.466 e. The number of ether oxygens (including phenoxy) is 1. The van der Waals surface area contributed by atoms with Crippen molar-refractivity contribution in [1.29, 1.82) is 0 Å². The molecular formula is C63H121NO5. The van der Waals surface area contributed by atoms with E-state index in [1.165, 1.54) is 238 Å². The highest BCUT2D eigenvalue weighted by atomic mass is 16.5. The van der Waals surface area contributed by atoms with E-state index in [2.05, 4.69) is 31.3 Å². The number of hydrogen-bond acceptors (Lipinski definition) is 5. The summed E-state index contributed by atoms with van der Waals surface area (Å²) in [5.74, 6) is -0.109. The number of amides is 1. The van der Waals surface area contributed by atoms with Crippen molar-refractivity contribution in [2.45, 2.75) is 353 Å². The molecule has 0 heterocycles. The van der Waals surface area contributed by atoms with Crippen LogP contribution in [0.1, 0.15) is 341 Å². The quantitative estimate of drug-likeness (QED) is 0.0321. The lowest BCUT2D eigenvalue weighted by atomic mass is 10.0. The third-order valence-electron chi connectivity index (χ3n) is 14.5. The number of hydrogen-bond donors (Lipinski definition) is 3. The minimum absolute atomic E-state index is 0.0192. The van der Waals surface area contributed by atoms with Crippen molar-refractivity contribution in [3.63, 3.8) is 0 Å². The van der Waals surface area contributed by atoms with Crippen molar-refractivity contribution in [2.75, 3.05) is 13.2 Å². The molecule has 0 aliphatic carbocycles. The van der Waals surface area contributed by atoms with E-state index in [9.17, 15) is 19.8 Å². The number of rotatable bonds is 58. The van der Waals surface area contributed by atoms with Gasteiger partial charge < -0.3 is 20.3 Å². The van der Waals surface area contributed by atoms with Crippen molar-refractivity contribution >= 4 is 11.9 Å². The molecule has 0 aromatic heterocycles. The molecule has 0 saturated heterocycles. The molecule has 6 nitrogen and oxygen atoms in total. The summed E-state index contributed by atoms with van der Waals surface area (Å²) in [6.07, 6.45) is 72.2. The maximum Gasteiger partial charge on any atom is 0.305 e. The molecule has 0 saturated carbocycles. The number of nitrogens with one attached hydrogen (secondary N) is 1. The average Bonchev–Trinajstić information content (AvgIpc) is 3.35. The van der Waals surface area contributed by atoms with Crippen molar-refractivity contribution in [3.05, 3.63) is 24.3 Å². The Balaban J connectivity index is 3.50. The first kappa shape index (κ1) is 67.3. The molecular weight excluding hydrogens is 851 g/mol. The van der Waals surface area contributed by atoms with E-state index in [4.69, 9.17) is 4.74 Å². The Kier molecular flexibility index (Phi) is 57.5. The van der Waals surface area contributed by atoms with Crippen LogP contribution in [0.25, 0.3) is 0 Å². The van der Waals surface area contributed by atoms with E-state index < -0.39 is 12.1 Å². The molecule has 0 aliphatic rings. The second-order valence-electron chi connectivity index (χ2n) is 21.4. The number of carbonyl (C=O) groups excluding carboxylic acids is 2. The molecule has 408 valence electrons. The first-order valence-corrected chi connectivity index (χ1v) is 31.1. The van der Waals surface area contributed by atoms with Gasteiger partial charge in [0, 0.05) is 12.8 Å². The Bertz CT molecular complexity index is 1080. The summed E-state index contributed by atoms with van der Waals surface area (Å²) in [6.45, 7) is 4.88. The molecule has 0 aromatic carbocycles. The summed E-state index contributed by atoms with van der Waals surface area (Å²) >= 11 is 0. The van der Waals surface area contributed by atoms with Crippen LogP contribution in [0, 0.1) is 0 Å². The van der Waals surface area contributed by atoms with E-state index in [1.54, 1.807) is 6.08 Å².